The van der Waals surface area contributed by atoms with Crippen LogP contribution < -0.4 is 10.1 Å². The summed E-state index contributed by atoms with van der Waals surface area (Å²) < 4.78 is 43.3. The number of halogens is 3. The maximum Gasteiger partial charge on any atom is 0.573 e. The molecule has 2 amide bonds. The summed E-state index contributed by atoms with van der Waals surface area (Å²) in [7, 11) is 0. The third-order valence-electron chi connectivity index (χ3n) is 6.70. The summed E-state index contributed by atoms with van der Waals surface area (Å²) in [6.07, 6.45) is -2.16. The molecule has 0 spiro atoms. The number of rotatable bonds is 5. The Balaban J connectivity index is 1.42. The fourth-order valence-electron chi connectivity index (χ4n) is 5.13. The molecule has 1 aromatic heterocycles. The van der Waals surface area contributed by atoms with Crippen LogP contribution in [0.4, 0.5) is 13.2 Å². The van der Waals surface area contributed by atoms with Gasteiger partial charge in [-0.25, -0.2) is 4.68 Å². The summed E-state index contributed by atoms with van der Waals surface area (Å²) in [6.45, 7) is 8.00. The van der Waals surface area contributed by atoms with Crippen molar-refractivity contribution in [3.8, 4) is 11.4 Å². The van der Waals surface area contributed by atoms with E-state index in [0.717, 1.165) is 32.4 Å². The fourth-order valence-corrected chi connectivity index (χ4v) is 5.13. The minimum absolute atomic E-state index is 0.0110. The van der Waals surface area contributed by atoms with Crippen LogP contribution in [0.2, 0.25) is 0 Å². The number of alkyl halides is 3. The van der Waals surface area contributed by atoms with Gasteiger partial charge in [-0.05, 0) is 45.2 Å². The first-order valence-electron chi connectivity index (χ1n) is 11.7. The van der Waals surface area contributed by atoms with Crippen molar-refractivity contribution < 1.29 is 27.5 Å². The number of amides is 2. The first kappa shape index (κ1) is 25.0. The van der Waals surface area contributed by atoms with E-state index in [1.807, 2.05) is 4.90 Å². The topological polar surface area (TPSA) is 79.7 Å². The summed E-state index contributed by atoms with van der Waals surface area (Å²) in [5, 5.41) is 7.42. The van der Waals surface area contributed by atoms with E-state index in [1.165, 1.54) is 29.8 Å². The Bertz CT molecular complexity index is 1090. The zero-order valence-corrected chi connectivity index (χ0v) is 20.1. The van der Waals surface area contributed by atoms with Gasteiger partial charge >= 0.3 is 6.36 Å². The summed E-state index contributed by atoms with van der Waals surface area (Å²) in [6, 6.07) is 6.09. The number of benzene rings is 1. The van der Waals surface area contributed by atoms with Gasteiger partial charge in [0.2, 0.25) is 5.91 Å². The smallest absolute Gasteiger partial charge is 0.406 e. The van der Waals surface area contributed by atoms with E-state index in [0.29, 0.717) is 41.8 Å². The van der Waals surface area contributed by atoms with E-state index < -0.39 is 6.36 Å². The van der Waals surface area contributed by atoms with Gasteiger partial charge in [0.25, 0.3) is 5.91 Å². The highest BCUT2D eigenvalue weighted by molar-refractivity contribution is 5.96. The second-order valence-corrected chi connectivity index (χ2v) is 9.21. The SMILES string of the molecule is CC(=O)N[C@@H]1CCN(C2CCN(C(=O)c3c(C)nn(-c4cccc(OC(F)(F)F)c4)c3C)CC2)C1. The molecule has 2 aliphatic rings. The number of likely N-dealkylation sites (tertiary alicyclic amines) is 2. The van der Waals surface area contributed by atoms with Crippen molar-refractivity contribution in [3.63, 3.8) is 0 Å². The lowest BCUT2D eigenvalue weighted by molar-refractivity contribution is -0.274. The Morgan fingerprint density at radius 1 is 1.11 bits per heavy atom. The molecule has 2 fully saturated rings. The third kappa shape index (κ3) is 5.77. The molecule has 4 rings (SSSR count). The highest BCUT2D eigenvalue weighted by Crippen LogP contribution is 2.28. The fraction of sp³-hybridized carbons (Fsp3) is 0.542. The van der Waals surface area contributed by atoms with Crippen LogP contribution in [0, 0.1) is 13.8 Å². The largest absolute Gasteiger partial charge is 0.573 e. The predicted octanol–water partition coefficient (Wildman–Crippen LogP) is 3.20. The molecule has 2 aliphatic heterocycles. The van der Waals surface area contributed by atoms with Crippen molar-refractivity contribution in [1.29, 1.82) is 0 Å². The molecular formula is C24H30F3N5O3. The summed E-state index contributed by atoms with van der Waals surface area (Å²) in [5.41, 5.74) is 1.94. The van der Waals surface area contributed by atoms with E-state index in [9.17, 15) is 22.8 Å². The maximum absolute atomic E-state index is 13.4. The molecule has 8 nitrogen and oxygen atoms in total. The van der Waals surface area contributed by atoms with Crippen LogP contribution in [0.3, 0.4) is 0 Å². The Kier molecular flexibility index (Phi) is 7.07. The van der Waals surface area contributed by atoms with E-state index in [4.69, 9.17) is 0 Å². The summed E-state index contributed by atoms with van der Waals surface area (Å²) in [4.78, 5) is 28.9. The number of nitrogens with zero attached hydrogens (tertiary/aromatic N) is 4. The summed E-state index contributed by atoms with van der Waals surface area (Å²) >= 11 is 0. The average molecular weight is 494 g/mol. The van der Waals surface area contributed by atoms with Crippen LogP contribution in [0.5, 0.6) is 5.75 Å². The van der Waals surface area contributed by atoms with Crippen LogP contribution in [0.25, 0.3) is 5.69 Å². The molecule has 1 aromatic carbocycles. The van der Waals surface area contributed by atoms with Crippen molar-refractivity contribution >= 4 is 11.8 Å². The lowest BCUT2D eigenvalue weighted by Gasteiger charge is -2.36. The van der Waals surface area contributed by atoms with Gasteiger partial charge in [0.05, 0.1) is 22.6 Å². The predicted molar refractivity (Wildman–Crippen MR) is 122 cm³/mol. The molecule has 1 N–H and O–H groups in total. The number of carbonyl (C=O) groups excluding carboxylic acids is 2. The first-order valence-corrected chi connectivity index (χ1v) is 11.7. The molecule has 3 heterocycles. The molecule has 35 heavy (non-hydrogen) atoms. The number of nitrogens with one attached hydrogen (secondary N) is 1. The van der Waals surface area contributed by atoms with Crippen LogP contribution >= 0.6 is 0 Å². The van der Waals surface area contributed by atoms with Crippen LogP contribution in [-0.4, -0.2) is 76.0 Å². The van der Waals surface area contributed by atoms with Gasteiger partial charge in [0.1, 0.15) is 5.75 Å². The van der Waals surface area contributed by atoms with E-state index in [1.54, 1.807) is 19.9 Å². The number of ether oxygens (including phenoxy) is 1. The third-order valence-corrected chi connectivity index (χ3v) is 6.70. The van der Waals surface area contributed by atoms with Crippen LogP contribution in [0.1, 0.15) is 47.9 Å². The van der Waals surface area contributed by atoms with E-state index in [2.05, 4.69) is 20.1 Å². The number of aromatic nitrogens is 2. The molecule has 0 saturated carbocycles. The molecule has 2 saturated heterocycles. The van der Waals surface area contributed by atoms with Crippen molar-refractivity contribution in [2.75, 3.05) is 26.2 Å². The number of aryl methyl sites for hydroxylation is 1. The lowest BCUT2D eigenvalue weighted by atomic mass is 10.0. The molecule has 11 heteroatoms. The van der Waals surface area contributed by atoms with Gasteiger partial charge in [-0.15, -0.1) is 13.2 Å². The van der Waals surface area contributed by atoms with Crippen LogP contribution in [0.15, 0.2) is 24.3 Å². The number of carbonyl (C=O) groups is 2. The van der Waals surface area contributed by atoms with Crippen molar-refractivity contribution in [1.82, 2.24) is 24.9 Å². The minimum Gasteiger partial charge on any atom is -0.406 e. The zero-order chi connectivity index (χ0) is 25.3. The standard InChI is InChI=1S/C24H30F3N5O3/c1-15-22(16(2)32(29-15)20-5-4-6-21(13-20)35-24(25,26)27)23(34)30-11-8-19(9-12-30)31-10-7-18(14-31)28-17(3)33/h4-6,13,18-19H,7-12,14H2,1-3H3,(H,28,33)/t18-/m1/s1. The lowest BCUT2D eigenvalue weighted by Crippen LogP contribution is -2.47. The van der Waals surface area contributed by atoms with Gasteiger partial charge < -0.3 is 15.0 Å². The Morgan fingerprint density at radius 3 is 2.49 bits per heavy atom. The molecular weight excluding hydrogens is 463 g/mol. The van der Waals surface area contributed by atoms with Gasteiger partial charge in [-0.1, -0.05) is 6.07 Å². The number of piperidine rings is 1. The number of hydrogen-bond acceptors (Lipinski definition) is 5. The maximum atomic E-state index is 13.4. The van der Waals surface area contributed by atoms with Gasteiger partial charge in [0.15, 0.2) is 0 Å². The highest BCUT2D eigenvalue weighted by Gasteiger charge is 2.34. The molecule has 0 aliphatic carbocycles. The Labute approximate surface area is 202 Å². The molecule has 2 aromatic rings. The van der Waals surface area contributed by atoms with Gasteiger partial charge in [-0.2, -0.15) is 5.10 Å². The molecule has 190 valence electrons. The minimum atomic E-state index is -4.79. The van der Waals surface area contributed by atoms with E-state index >= 15 is 0 Å². The van der Waals surface area contributed by atoms with Gasteiger partial charge in [0, 0.05) is 51.3 Å². The summed E-state index contributed by atoms with van der Waals surface area (Å²) in [5.74, 6) is -0.478. The second-order valence-electron chi connectivity index (χ2n) is 9.21. The normalized spacial score (nSPS) is 19.7. The van der Waals surface area contributed by atoms with Crippen molar-refractivity contribution in [2.24, 2.45) is 0 Å². The highest BCUT2D eigenvalue weighted by atomic mass is 19.4. The number of hydrogen-bond donors (Lipinski definition) is 1. The van der Waals surface area contributed by atoms with E-state index in [-0.39, 0.29) is 23.6 Å². The Hall–Kier alpha value is -3.08. The average Bonchev–Trinajstić information content (AvgIpc) is 3.36. The van der Waals surface area contributed by atoms with Crippen molar-refractivity contribution in [3.05, 3.63) is 41.2 Å². The molecule has 0 bridgehead atoms. The van der Waals surface area contributed by atoms with Crippen molar-refractivity contribution in [2.45, 2.75) is 58.5 Å². The second kappa shape index (κ2) is 9.88. The molecule has 0 unspecified atom stereocenters. The zero-order valence-electron chi connectivity index (χ0n) is 20.1. The monoisotopic (exact) mass is 493 g/mol. The molecule has 1 atom stereocenters. The molecule has 0 radical (unpaired) electrons. The van der Waals surface area contributed by atoms with Gasteiger partial charge in [-0.3, -0.25) is 14.5 Å². The Morgan fingerprint density at radius 2 is 1.83 bits per heavy atom. The quantitative estimate of drug-likeness (QED) is 0.692. The first-order chi connectivity index (χ1) is 16.5. The van der Waals surface area contributed by atoms with Crippen LogP contribution in [-0.2, 0) is 4.79 Å².